The van der Waals surface area contributed by atoms with Gasteiger partial charge in [-0.2, -0.15) is 0 Å². The summed E-state index contributed by atoms with van der Waals surface area (Å²) in [5, 5.41) is 4.70. The molecule has 3 aromatic heterocycles. The number of nitrogens with one attached hydrogen (secondary N) is 1. The molecule has 5 N–H and O–H groups in total. The number of anilines is 3. The zero-order valence-electron chi connectivity index (χ0n) is 16.5. The first-order valence-electron chi connectivity index (χ1n) is 9.44. The summed E-state index contributed by atoms with van der Waals surface area (Å²) in [6, 6.07) is 5.63. The van der Waals surface area contributed by atoms with Gasteiger partial charge in [0.25, 0.3) is 0 Å². The average molecular weight is 392 g/mol. The Hall–Kier alpha value is -3.46. The normalized spacial score (nSPS) is 17.5. The van der Waals surface area contributed by atoms with Gasteiger partial charge in [0.05, 0.1) is 24.6 Å². The number of hydrogen-bond acceptors (Lipinski definition) is 8. The Kier molecular flexibility index (Phi) is 5.13. The van der Waals surface area contributed by atoms with Crippen LogP contribution in [0.15, 0.2) is 41.8 Å². The number of hydrogen-bond donors (Lipinski definition) is 3. The van der Waals surface area contributed by atoms with E-state index in [1.54, 1.807) is 25.5 Å². The largest absolute Gasteiger partial charge is 0.384 e. The van der Waals surface area contributed by atoms with E-state index in [4.69, 9.17) is 16.2 Å². The van der Waals surface area contributed by atoms with E-state index >= 15 is 0 Å². The van der Waals surface area contributed by atoms with Gasteiger partial charge in [-0.15, -0.1) is 0 Å². The number of fused-ring (bicyclic) bond motifs is 1. The summed E-state index contributed by atoms with van der Waals surface area (Å²) in [7, 11) is 1.80. The quantitative estimate of drug-likeness (QED) is 0.454. The highest BCUT2D eigenvalue weighted by Gasteiger charge is 2.17. The van der Waals surface area contributed by atoms with Gasteiger partial charge in [0.2, 0.25) is 0 Å². The number of nitrogens with zero attached hydrogens (tertiary/aromatic N) is 5. The topological polar surface area (TPSA) is 128 Å². The fourth-order valence-electron chi connectivity index (χ4n) is 3.42. The highest BCUT2D eigenvalue weighted by Crippen LogP contribution is 2.26. The second-order valence-corrected chi connectivity index (χ2v) is 6.92. The number of morpholine rings is 1. The maximum absolute atomic E-state index is 6.30. The molecule has 29 heavy (non-hydrogen) atoms. The molecule has 1 saturated heterocycles. The van der Waals surface area contributed by atoms with Gasteiger partial charge in [0.1, 0.15) is 17.5 Å². The van der Waals surface area contributed by atoms with E-state index < -0.39 is 0 Å². The second-order valence-electron chi connectivity index (χ2n) is 6.92. The number of aromatic nitrogens is 3. The van der Waals surface area contributed by atoms with Crippen molar-refractivity contribution in [1.82, 2.24) is 15.0 Å². The number of aliphatic imine (C=N–C) groups is 1. The summed E-state index contributed by atoms with van der Waals surface area (Å²) >= 11 is 0. The highest BCUT2D eigenvalue weighted by molar-refractivity contribution is 6.11. The summed E-state index contributed by atoms with van der Waals surface area (Å²) in [4.78, 5) is 19.8. The van der Waals surface area contributed by atoms with Crippen molar-refractivity contribution < 1.29 is 4.74 Å². The van der Waals surface area contributed by atoms with E-state index in [2.05, 4.69) is 37.1 Å². The van der Waals surface area contributed by atoms with E-state index in [1.165, 1.54) is 0 Å². The van der Waals surface area contributed by atoms with Crippen LogP contribution in [-0.2, 0) is 4.74 Å². The molecule has 1 aliphatic heterocycles. The van der Waals surface area contributed by atoms with Crippen molar-refractivity contribution in [2.75, 3.05) is 42.7 Å². The molecular formula is C20H24N8O. The van der Waals surface area contributed by atoms with Crippen LogP contribution in [-0.4, -0.2) is 53.6 Å². The van der Waals surface area contributed by atoms with E-state index in [9.17, 15) is 0 Å². The van der Waals surface area contributed by atoms with Crippen LogP contribution >= 0.6 is 0 Å². The first-order valence-corrected chi connectivity index (χ1v) is 9.44. The van der Waals surface area contributed by atoms with Gasteiger partial charge >= 0.3 is 0 Å². The third-order valence-electron chi connectivity index (χ3n) is 4.88. The Morgan fingerprint density at radius 3 is 2.79 bits per heavy atom. The first kappa shape index (κ1) is 18.9. The molecule has 4 rings (SSSR count). The van der Waals surface area contributed by atoms with Gasteiger partial charge in [-0.05, 0) is 25.1 Å². The van der Waals surface area contributed by atoms with Gasteiger partial charge in [-0.3, -0.25) is 0 Å². The van der Waals surface area contributed by atoms with Crippen molar-refractivity contribution in [3.63, 3.8) is 0 Å². The lowest BCUT2D eigenvalue weighted by Gasteiger charge is -2.32. The van der Waals surface area contributed by atoms with Crippen LogP contribution in [0.5, 0.6) is 0 Å². The molecule has 0 aliphatic carbocycles. The average Bonchev–Trinajstić information content (AvgIpc) is 2.73. The van der Waals surface area contributed by atoms with Crippen molar-refractivity contribution in [3.8, 4) is 0 Å². The number of rotatable bonds is 4. The molecule has 9 nitrogen and oxygen atoms in total. The predicted octanol–water partition coefficient (Wildman–Crippen LogP) is 1.91. The van der Waals surface area contributed by atoms with Gasteiger partial charge in [0.15, 0.2) is 5.82 Å². The maximum atomic E-state index is 6.30. The summed E-state index contributed by atoms with van der Waals surface area (Å²) in [5.41, 5.74) is 13.9. The van der Waals surface area contributed by atoms with Crippen LogP contribution in [0.4, 0.5) is 23.1 Å². The molecule has 150 valence electrons. The third-order valence-corrected chi connectivity index (χ3v) is 4.88. The molecule has 0 saturated carbocycles. The molecule has 9 heteroatoms. The molecule has 0 unspecified atom stereocenters. The van der Waals surface area contributed by atoms with Crippen LogP contribution in [0, 0.1) is 0 Å². The standard InChI is InChI=1S/C20H24N8O/c1-12-11-28(5-6-29-12)13-3-4-18(25-8-13)27-19(22)15-9-26-20(23-2)16-10-24-17(21)7-14(15)16/h3-4,7-10,12H,5-6,11H2,1-2H3,(H2,21,24)(H,23,26)(H2,22,25,27)/t12-/m0/s1. The number of pyridine rings is 3. The molecule has 4 heterocycles. The molecule has 3 aromatic rings. The van der Waals surface area contributed by atoms with Crippen LogP contribution in [0.1, 0.15) is 12.5 Å². The molecular weight excluding hydrogens is 368 g/mol. The Morgan fingerprint density at radius 1 is 1.21 bits per heavy atom. The SMILES string of the molecule is CNc1ncc(C(N)=Nc2ccc(N3CCO[C@@H](C)C3)cn2)c2cc(N)ncc12. The van der Waals surface area contributed by atoms with Crippen LogP contribution in [0.3, 0.4) is 0 Å². The fourth-order valence-corrected chi connectivity index (χ4v) is 3.42. The molecule has 0 spiro atoms. The predicted molar refractivity (Wildman–Crippen MR) is 116 cm³/mol. The Bertz CT molecular complexity index is 1050. The lowest BCUT2D eigenvalue weighted by molar-refractivity contribution is 0.0532. The van der Waals surface area contributed by atoms with Gasteiger partial charge in [0, 0.05) is 48.9 Å². The monoisotopic (exact) mass is 392 g/mol. The molecule has 1 atom stereocenters. The summed E-state index contributed by atoms with van der Waals surface area (Å²) in [6.07, 6.45) is 5.37. The highest BCUT2D eigenvalue weighted by atomic mass is 16.5. The summed E-state index contributed by atoms with van der Waals surface area (Å²) < 4.78 is 5.59. The Labute approximate surface area is 168 Å². The second kappa shape index (κ2) is 7.88. The fraction of sp³-hybridized carbons (Fsp3) is 0.300. The van der Waals surface area contributed by atoms with E-state index in [0.29, 0.717) is 35.5 Å². The lowest BCUT2D eigenvalue weighted by Crippen LogP contribution is -2.41. The number of amidine groups is 1. The van der Waals surface area contributed by atoms with E-state index in [1.807, 2.05) is 18.3 Å². The smallest absolute Gasteiger partial charge is 0.154 e. The Balaban J connectivity index is 1.64. The van der Waals surface area contributed by atoms with Gasteiger partial charge in [-0.1, -0.05) is 0 Å². The number of nitrogen functional groups attached to an aromatic ring is 1. The Morgan fingerprint density at radius 2 is 2.07 bits per heavy atom. The van der Waals surface area contributed by atoms with Gasteiger partial charge in [-0.25, -0.2) is 19.9 Å². The minimum absolute atomic E-state index is 0.209. The molecule has 0 radical (unpaired) electrons. The maximum Gasteiger partial charge on any atom is 0.154 e. The third kappa shape index (κ3) is 3.90. The summed E-state index contributed by atoms with van der Waals surface area (Å²) in [6.45, 7) is 4.48. The molecule has 0 bridgehead atoms. The lowest BCUT2D eigenvalue weighted by atomic mass is 10.1. The zero-order valence-corrected chi connectivity index (χ0v) is 16.5. The molecule has 1 fully saturated rings. The minimum atomic E-state index is 0.209. The first-order chi connectivity index (χ1) is 14.0. The number of nitrogens with two attached hydrogens (primary N) is 2. The molecule has 1 aliphatic rings. The minimum Gasteiger partial charge on any atom is -0.384 e. The van der Waals surface area contributed by atoms with Crippen molar-refractivity contribution in [2.45, 2.75) is 13.0 Å². The molecule has 0 amide bonds. The van der Waals surface area contributed by atoms with Crippen molar-refractivity contribution in [1.29, 1.82) is 0 Å². The van der Waals surface area contributed by atoms with E-state index in [-0.39, 0.29) is 6.10 Å². The van der Waals surface area contributed by atoms with Crippen molar-refractivity contribution >= 4 is 39.7 Å². The number of ether oxygens (including phenoxy) is 1. The van der Waals surface area contributed by atoms with Crippen molar-refractivity contribution in [3.05, 3.63) is 42.4 Å². The van der Waals surface area contributed by atoms with Gasteiger partial charge < -0.3 is 26.4 Å². The zero-order chi connectivity index (χ0) is 20.4. The van der Waals surface area contributed by atoms with Crippen LogP contribution in [0.25, 0.3) is 10.8 Å². The van der Waals surface area contributed by atoms with Crippen LogP contribution in [0.2, 0.25) is 0 Å². The van der Waals surface area contributed by atoms with Crippen LogP contribution < -0.4 is 21.7 Å². The van der Waals surface area contributed by atoms with E-state index in [0.717, 1.165) is 29.5 Å². The van der Waals surface area contributed by atoms with Crippen molar-refractivity contribution in [2.24, 2.45) is 10.7 Å². The molecule has 0 aromatic carbocycles. The summed E-state index contributed by atoms with van der Waals surface area (Å²) in [5.74, 6) is 1.95.